The fraction of sp³-hybridized carbons (Fsp3) is 0.462. The van der Waals surface area contributed by atoms with Crippen molar-refractivity contribution in [1.29, 1.82) is 0 Å². The summed E-state index contributed by atoms with van der Waals surface area (Å²) < 4.78 is 26.8. The summed E-state index contributed by atoms with van der Waals surface area (Å²) >= 11 is 0. The largest absolute Gasteiger partial charge is 0.396 e. The summed E-state index contributed by atoms with van der Waals surface area (Å²) in [6.07, 6.45) is 2.36. The zero-order chi connectivity index (χ0) is 14.0. The first-order chi connectivity index (χ1) is 8.99. The normalized spacial score (nSPS) is 23.1. The lowest BCUT2D eigenvalue weighted by molar-refractivity contribution is 0.0714. The van der Waals surface area contributed by atoms with Crippen LogP contribution in [-0.2, 0) is 0 Å². The second-order valence-electron chi connectivity index (χ2n) is 4.79. The molecule has 0 saturated heterocycles. The molecule has 19 heavy (non-hydrogen) atoms. The molecule has 0 aromatic heterocycles. The maximum absolute atomic E-state index is 13.7. The van der Waals surface area contributed by atoms with Crippen LogP contribution in [0.3, 0.4) is 0 Å². The highest BCUT2D eigenvalue weighted by atomic mass is 19.1. The van der Waals surface area contributed by atoms with Gasteiger partial charge >= 0.3 is 0 Å². The van der Waals surface area contributed by atoms with E-state index in [1.54, 1.807) is 0 Å². The Bertz CT molecular complexity index is 494. The number of nitrogens with one attached hydrogen (secondary N) is 1. The van der Waals surface area contributed by atoms with Gasteiger partial charge in [-0.1, -0.05) is 12.8 Å². The zero-order valence-corrected chi connectivity index (χ0v) is 10.3. The van der Waals surface area contributed by atoms with Crippen LogP contribution in [0, 0.1) is 11.6 Å². The number of benzene rings is 1. The van der Waals surface area contributed by atoms with Crippen molar-refractivity contribution in [2.24, 2.45) is 0 Å². The van der Waals surface area contributed by atoms with Crippen LogP contribution >= 0.6 is 0 Å². The highest BCUT2D eigenvalue weighted by molar-refractivity contribution is 5.95. The van der Waals surface area contributed by atoms with E-state index in [1.165, 1.54) is 0 Å². The number of nitrogen functional groups attached to an aromatic ring is 1. The van der Waals surface area contributed by atoms with Gasteiger partial charge in [-0.15, -0.1) is 0 Å². The monoisotopic (exact) mass is 270 g/mol. The summed E-state index contributed by atoms with van der Waals surface area (Å²) in [4.78, 5) is 11.9. The SMILES string of the molecule is Nc1cc(F)cc(C(=O)N[C@H]2CCCC[C@@H]2O)c1F. The molecule has 0 bridgehead atoms. The van der Waals surface area contributed by atoms with Crippen LogP contribution < -0.4 is 11.1 Å². The number of hydrogen-bond donors (Lipinski definition) is 3. The minimum absolute atomic E-state index is 0.408. The summed E-state index contributed by atoms with van der Waals surface area (Å²) in [6.45, 7) is 0. The molecular formula is C13H16F2N2O2. The Kier molecular flexibility index (Phi) is 3.99. The second-order valence-corrected chi connectivity index (χ2v) is 4.79. The molecule has 1 saturated carbocycles. The molecular weight excluding hydrogens is 254 g/mol. The molecule has 2 atom stereocenters. The summed E-state index contributed by atoms with van der Waals surface area (Å²) in [6, 6.07) is 1.20. The summed E-state index contributed by atoms with van der Waals surface area (Å²) in [5.74, 6) is -2.47. The molecule has 1 aliphatic rings. The molecule has 0 heterocycles. The number of halogens is 2. The van der Waals surface area contributed by atoms with E-state index in [-0.39, 0.29) is 0 Å². The van der Waals surface area contributed by atoms with Crippen molar-refractivity contribution in [2.45, 2.75) is 37.8 Å². The van der Waals surface area contributed by atoms with Gasteiger partial charge in [0.25, 0.3) is 5.91 Å². The molecule has 2 rings (SSSR count). The maximum Gasteiger partial charge on any atom is 0.254 e. The van der Waals surface area contributed by atoms with E-state index in [0.29, 0.717) is 12.8 Å². The minimum atomic E-state index is -0.941. The van der Waals surface area contributed by atoms with Crippen LogP contribution in [0.5, 0.6) is 0 Å². The molecule has 1 aromatic rings. The van der Waals surface area contributed by atoms with Crippen molar-refractivity contribution in [3.63, 3.8) is 0 Å². The predicted molar refractivity (Wildman–Crippen MR) is 66.5 cm³/mol. The molecule has 104 valence electrons. The molecule has 0 radical (unpaired) electrons. The van der Waals surface area contributed by atoms with Gasteiger partial charge in [0.1, 0.15) is 5.82 Å². The smallest absolute Gasteiger partial charge is 0.254 e. The van der Waals surface area contributed by atoms with E-state index in [1.807, 2.05) is 0 Å². The lowest BCUT2D eigenvalue weighted by Crippen LogP contribution is -2.45. The fourth-order valence-corrected chi connectivity index (χ4v) is 2.30. The third-order valence-corrected chi connectivity index (χ3v) is 3.36. The first-order valence-electron chi connectivity index (χ1n) is 6.22. The van der Waals surface area contributed by atoms with Crippen molar-refractivity contribution >= 4 is 11.6 Å². The molecule has 4 N–H and O–H groups in total. The Morgan fingerprint density at radius 3 is 2.68 bits per heavy atom. The fourth-order valence-electron chi connectivity index (χ4n) is 2.30. The molecule has 1 aliphatic carbocycles. The molecule has 0 unspecified atom stereocenters. The van der Waals surface area contributed by atoms with Crippen LogP contribution in [0.15, 0.2) is 12.1 Å². The van der Waals surface area contributed by atoms with E-state index in [9.17, 15) is 18.7 Å². The van der Waals surface area contributed by atoms with Gasteiger partial charge in [-0.3, -0.25) is 4.79 Å². The number of nitrogens with two attached hydrogens (primary N) is 1. The molecule has 6 heteroatoms. The Morgan fingerprint density at radius 1 is 1.32 bits per heavy atom. The molecule has 4 nitrogen and oxygen atoms in total. The van der Waals surface area contributed by atoms with E-state index in [0.717, 1.165) is 25.0 Å². The predicted octanol–water partition coefficient (Wildman–Crippen LogP) is 1.58. The molecule has 0 spiro atoms. The number of anilines is 1. The molecule has 1 amide bonds. The highest BCUT2D eigenvalue weighted by Crippen LogP contribution is 2.21. The van der Waals surface area contributed by atoms with Gasteiger partial charge in [0.05, 0.1) is 23.4 Å². The highest BCUT2D eigenvalue weighted by Gasteiger charge is 2.26. The van der Waals surface area contributed by atoms with Gasteiger partial charge in [-0.25, -0.2) is 8.78 Å². The van der Waals surface area contributed by atoms with Crippen LogP contribution in [0.4, 0.5) is 14.5 Å². The molecule has 0 aliphatic heterocycles. The number of carbonyl (C=O) groups is 1. The summed E-state index contributed by atoms with van der Waals surface area (Å²) in [7, 11) is 0. The van der Waals surface area contributed by atoms with Crippen molar-refractivity contribution < 1.29 is 18.7 Å². The van der Waals surface area contributed by atoms with Gasteiger partial charge < -0.3 is 16.2 Å². The minimum Gasteiger partial charge on any atom is -0.396 e. The van der Waals surface area contributed by atoms with Crippen molar-refractivity contribution in [1.82, 2.24) is 5.32 Å². The first-order valence-corrected chi connectivity index (χ1v) is 6.22. The topological polar surface area (TPSA) is 75.4 Å². The van der Waals surface area contributed by atoms with Gasteiger partial charge in [-0.2, -0.15) is 0 Å². The van der Waals surface area contributed by atoms with E-state index in [2.05, 4.69) is 5.32 Å². The lowest BCUT2D eigenvalue weighted by Gasteiger charge is -2.28. The van der Waals surface area contributed by atoms with Gasteiger partial charge in [0.15, 0.2) is 5.82 Å². The third kappa shape index (κ3) is 3.01. The standard InChI is InChI=1S/C13H16F2N2O2/c14-7-5-8(12(15)9(16)6-7)13(19)17-10-3-1-2-4-11(10)18/h5-6,10-11,18H,1-4,16H2,(H,17,19)/t10-,11-/m0/s1. The number of hydrogen-bond acceptors (Lipinski definition) is 3. The Labute approximate surface area is 109 Å². The number of aliphatic hydroxyl groups excluding tert-OH is 1. The zero-order valence-electron chi connectivity index (χ0n) is 10.3. The number of carbonyl (C=O) groups excluding carboxylic acids is 1. The molecule has 1 fully saturated rings. The Morgan fingerprint density at radius 2 is 2.00 bits per heavy atom. The van der Waals surface area contributed by atoms with Crippen molar-refractivity contribution in [3.8, 4) is 0 Å². The Hall–Kier alpha value is -1.69. The van der Waals surface area contributed by atoms with Crippen molar-refractivity contribution in [3.05, 3.63) is 29.3 Å². The van der Waals surface area contributed by atoms with Crippen LogP contribution in [0.2, 0.25) is 0 Å². The van der Waals surface area contributed by atoms with E-state index >= 15 is 0 Å². The van der Waals surface area contributed by atoms with Crippen molar-refractivity contribution in [2.75, 3.05) is 5.73 Å². The third-order valence-electron chi connectivity index (χ3n) is 3.36. The van der Waals surface area contributed by atoms with Gasteiger partial charge in [-0.05, 0) is 25.0 Å². The van der Waals surface area contributed by atoms with E-state index in [4.69, 9.17) is 5.73 Å². The second kappa shape index (κ2) is 5.52. The van der Waals surface area contributed by atoms with Crippen LogP contribution in [0.1, 0.15) is 36.0 Å². The maximum atomic E-state index is 13.7. The van der Waals surface area contributed by atoms with Crippen LogP contribution in [0.25, 0.3) is 0 Å². The number of amides is 1. The quantitative estimate of drug-likeness (QED) is 0.714. The number of rotatable bonds is 2. The summed E-state index contributed by atoms with van der Waals surface area (Å²) in [5, 5.41) is 12.3. The first kappa shape index (κ1) is 13.7. The van der Waals surface area contributed by atoms with Gasteiger partial charge in [0.2, 0.25) is 0 Å². The average Bonchev–Trinajstić information content (AvgIpc) is 2.36. The van der Waals surface area contributed by atoms with Crippen LogP contribution in [-0.4, -0.2) is 23.2 Å². The van der Waals surface area contributed by atoms with Gasteiger partial charge in [0, 0.05) is 0 Å². The summed E-state index contributed by atoms with van der Waals surface area (Å²) in [5.41, 5.74) is 4.43. The molecule has 1 aromatic carbocycles. The average molecular weight is 270 g/mol. The lowest BCUT2D eigenvalue weighted by atomic mass is 9.92. The Balaban J connectivity index is 2.15. The van der Waals surface area contributed by atoms with E-state index < -0.39 is 40.9 Å². The number of aliphatic hydroxyl groups is 1.